The molecule has 1 atom stereocenters. The highest BCUT2D eigenvalue weighted by Gasteiger charge is 2.41. The summed E-state index contributed by atoms with van der Waals surface area (Å²) in [5, 5.41) is 0. The Hall–Kier alpha value is -1.97. The van der Waals surface area contributed by atoms with Gasteiger partial charge >= 0.3 is 0 Å². The molecule has 1 aromatic carbocycles. The molecule has 0 spiro atoms. The van der Waals surface area contributed by atoms with Crippen LogP contribution in [0.5, 0.6) is 11.5 Å². The SMILES string of the molecule is CCOC1=C(C)C(=O)C(C)(c2ccc3c(c2)OCO3)CC1. The van der Waals surface area contributed by atoms with Gasteiger partial charge in [-0.15, -0.1) is 0 Å². The Morgan fingerprint density at radius 2 is 2.05 bits per heavy atom. The number of benzene rings is 1. The number of ketones is 1. The number of carbonyl (C=O) groups is 1. The highest BCUT2D eigenvalue weighted by atomic mass is 16.7. The maximum atomic E-state index is 12.8. The molecule has 2 aliphatic rings. The van der Waals surface area contributed by atoms with E-state index in [1.54, 1.807) is 0 Å². The van der Waals surface area contributed by atoms with E-state index in [-0.39, 0.29) is 12.6 Å². The number of hydrogen-bond acceptors (Lipinski definition) is 4. The average molecular weight is 288 g/mol. The first-order chi connectivity index (χ1) is 10.1. The zero-order valence-corrected chi connectivity index (χ0v) is 12.7. The summed E-state index contributed by atoms with van der Waals surface area (Å²) in [5.74, 6) is 2.43. The summed E-state index contributed by atoms with van der Waals surface area (Å²) in [5.41, 5.74) is 1.20. The topological polar surface area (TPSA) is 44.8 Å². The summed E-state index contributed by atoms with van der Waals surface area (Å²) >= 11 is 0. The third-order valence-corrected chi connectivity index (χ3v) is 4.44. The predicted octanol–water partition coefficient (Wildman–Crippen LogP) is 3.35. The van der Waals surface area contributed by atoms with Crippen LogP contribution in [-0.4, -0.2) is 19.2 Å². The minimum atomic E-state index is -0.522. The molecular formula is C17H20O4. The zero-order valence-electron chi connectivity index (χ0n) is 12.7. The smallest absolute Gasteiger partial charge is 0.231 e. The molecule has 112 valence electrons. The highest BCUT2D eigenvalue weighted by Crippen LogP contribution is 2.43. The molecule has 0 amide bonds. The molecular weight excluding hydrogens is 268 g/mol. The quantitative estimate of drug-likeness (QED) is 0.855. The van der Waals surface area contributed by atoms with Crippen molar-refractivity contribution in [3.05, 3.63) is 35.1 Å². The van der Waals surface area contributed by atoms with Crippen LogP contribution in [0, 0.1) is 0 Å². The lowest BCUT2D eigenvalue weighted by Crippen LogP contribution is -2.37. The van der Waals surface area contributed by atoms with Crippen LogP contribution in [0.1, 0.15) is 39.2 Å². The molecule has 4 nitrogen and oxygen atoms in total. The van der Waals surface area contributed by atoms with Crippen LogP contribution in [0.4, 0.5) is 0 Å². The fourth-order valence-corrected chi connectivity index (χ4v) is 3.07. The van der Waals surface area contributed by atoms with E-state index >= 15 is 0 Å². The van der Waals surface area contributed by atoms with Gasteiger partial charge in [-0.05, 0) is 44.9 Å². The minimum Gasteiger partial charge on any atom is -0.498 e. The highest BCUT2D eigenvalue weighted by molar-refractivity contribution is 6.04. The Bertz CT molecular complexity index is 617. The number of Topliss-reactive ketones (excluding diaryl/α,β-unsaturated/α-hetero) is 1. The lowest BCUT2D eigenvalue weighted by Gasteiger charge is -2.34. The molecule has 1 heterocycles. The largest absolute Gasteiger partial charge is 0.498 e. The summed E-state index contributed by atoms with van der Waals surface area (Å²) in [7, 11) is 0. The van der Waals surface area contributed by atoms with Crippen LogP contribution >= 0.6 is 0 Å². The van der Waals surface area contributed by atoms with Gasteiger partial charge in [0.2, 0.25) is 6.79 Å². The molecule has 0 saturated carbocycles. The molecule has 0 bridgehead atoms. The summed E-state index contributed by atoms with van der Waals surface area (Å²) in [6, 6.07) is 5.77. The molecule has 1 unspecified atom stereocenters. The standard InChI is InChI=1S/C17H20O4/c1-4-19-13-7-8-17(3,16(18)11(13)2)12-5-6-14-15(9-12)21-10-20-14/h5-6,9H,4,7-8,10H2,1-3H3. The van der Waals surface area contributed by atoms with Crippen molar-refractivity contribution in [3.8, 4) is 11.5 Å². The third kappa shape index (κ3) is 2.19. The normalized spacial score (nSPS) is 24.4. The number of hydrogen-bond donors (Lipinski definition) is 0. The molecule has 21 heavy (non-hydrogen) atoms. The summed E-state index contributed by atoms with van der Waals surface area (Å²) in [6.07, 6.45) is 1.54. The van der Waals surface area contributed by atoms with Crippen molar-refractivity contribution in [1.29, 1.82) is 0 Å². The molecule has 0 fully saturated rings. The second-order valence-corrected chi connectivity index (χ2v) is 5.71. The Morgan fingerprint density at radius 1 is 1.29 bits per heavy atom. The maximum absolute atomic E-state index is 12.8. The molecule has 1 aliphatic heterocycles. The van der Waals surface area contributed by atoms with Gasteiger partial charge in [-0.2, -0.15) is 0 Å². The summed E-state index contributed by atoms with van der Waals surface area (Å²) in [4.78, 5) is 12.8. The van der Waals surface area contributed by atoms with Crippen molar-refractivity contribution in [2.24, 2.45) is 0 Å². The Labute approximate surface area is 124 Å². The van der Waals surface area contributed by atoms with Gasteiger partial charge in [0.1, 0.15) is 5.76 Å². The number of fused-ring (bicyclic) bond motifs is 1. The first-order valence-corrected chi connectivity index (χ1v) is 7.33. The number of allylic oxidation sites excluding steroid dienone is 2. The Kier molecular flexibility index (Phi) is 3.40. The van der Waals surface area contributed by atoms with E-state index in [1.165, 1.54) is 0 Å². The van der Waals surface area contributed by atoms with Gasteiger partial charge < -0.3 is 14.2 Å². The molecule has 0 aromatic heterocycles. The summed E-state index contributed by atoms with van der Waals surface area (Å²) in [6.45, 7) is 6.64. The van der Waals surface area contributed by atoms with E-state index in [4.69, 9.17) is 14.2 Å². The van der Waals surface area contributed by atoms with E-state index in [0.29, 0.717) is 6.61 Å². The molecule has 0 N–H and O–H groups in total. The van der Waals surface area contributed by atoms with Crippen molar-refractivity contribution in [3.63, 3.8) is 0 Å². The molecule has 1 aromatic rings. The molecule has 0 saturated heterocycles. The molecule has 0 radical (unpaired) electrons. The van der Waals surface area contributed by atoms with Gasteiger partial charge in [-0.1, -0.05) is 6.07 Å². The van der Waals surface area contributed by atoms with E-state index in [2.05, 4.69) is 0 Å². The molecule has 4 heteroatoms. The number of carbonyl (C=O) groups excluding carboxylic acids is 1. The second kappa shape index (κ2) is 5.10. The summed E-state index contributed by atoms with van der Waals surface area (Å²) < 4.78 is 16.3. The van der Waals surface area contributed by atoms with Crippen molar-refractivity contribution >= 4 is 5.78 Å². The van der Waals surface area contributed by atoms with Gasteiger partial charge in [0.05, 0.1) is 12.0 Å². The fraction of sp³-hybridized carbons (Fsp3) is 0.471. The maximum Gasteiger partial charge on any atom is 0.231 e. The van der Waals surface area contributed by atoms with Crippen molar-refractivity contribution in [2.75, 3.05) is 13.4 Å². The Balaban J connectivity index is 1.97. The fourth-order valence-electron chi connectivity index (χ4n) is 3.07. The van der Waals surface area contributed by atoms with Gasteiger partial charge in [-0.25, -0.2) is 0 Å². The van der Waals surface area contributed by atoms with Crippen LogP contribution in [0.3, 0.4) is 0 Å². The van der Waals surface area contributed by atoms with Gasteiger partial charge in [0.25, 0.3) is 0 Å². The van der Waals surface area contributed by atoms with Crippen molar-refractivity contribution in [1.82, 2.24) is 0 Å². The first kappa shape index (κ1) is 14.0. The first-order valence-electron chi connectivity index (χ1n) is 7.33. The minimum absolute atomic E-state index is 0.135. The van der Waals surface area contributed by atoms with Gasteiger partial charge in [0, 0.05) is 12.0 Å². The third-order valence-electron chi connectivity index (χ3n) is 4.44. The zero-order chi connectivity index (χ0) is 15.0. The average Bonchev–Trinajstić information content (AvgIpc) is 2.95. The predicted molar refractivity (Wildman–Crippen MR) is 78.5 cm³/mol. The second-order valence-electron chi connectivity index (χ2n) is 5.71. The van der Waals surface area contributed by atoms with Crippen LogP contribution in [0.2, 0.25) is 0 Å². The van der Waals surface area contributed by atoms with E-state index in [9.17, 15) is 4.79 Å². The molecule has 1 aliphatic carbocycles. The van der Waals surface area contributed by atoms with Crippen molar-refractivity contribution < 1.29 is 19.0 Å². The van der Waals surface area contributed by atoms with Crippen LogP contribution in [0.15, 0.2) is 29.5 Å². The van der Waals surface area contributed by atoms with Crippen LogP contribution < -0.4 is 9.47 Å². The number of ether oxygens (including phenoxy) is 3. The van der Waals surface area contributed by atoms with Gasteiger partial charge in [0.15, 0.2) is 17.3 Å². The monoisotopic (exact) mass is 288 g/mol. The van der Waals surface area contributed by atoms with Crippen molar-refractivity contribution in [2.45, 2.75) is 39.0 Å². The van der Waals surface area contributed by atoms with Crippen LogP contribution in [-0.2, 0) is 14.9 Å². The molecule has 3 rings (SSSR count). The van der Waals surface area contributed by atoms with Crippen LogP contribution in [0.25, 0.3) is 0 Å². The van der Waals surface area contributed by atoms with E-state index in [0.717, 1.165) is 41.2 Å². The van der Waals surface area contributed by atoms with E-state index < -0.39 is 5.41 Å². The lowest BCUT2D eigenvalue weighted by atomic mass is 9.69. The lowest BCUT2D eigenvalue weighted by molar-refractivity contribution is -0.121. The van der Waals surface area contributed by atoms with E-state index in [1.807, 2.05) is 39.0 Å². The number of rotatable bonds is 3. The van der Waals surface area contributed by atoms with Gasteiger partial charge in [-0.3, -0.25) is 4.79 Å². The Morgan fingerprint density at radius 3 is 2.81 bits per heavy atom.